The number of hydrogen-bond donors (Lipinski definition) is 1. The topological polar surface area (TPSA) is 12.0 Å². The highest BCUT2D eigenvalue weighted by Crippen LogP contribution is 2.42. The molecule has 1 nitrogen and oxygen atoms in total. The normalized spacial score (nSPS) is 38.4. The highest BCUT2D eigenvalue weighted by atomic mass is 14.9. The van der Waals surface area contributed by atoms with Crippen molar-refractivity contribution < 1.29 is 0 Å². The third-order valence-corrected chi connectivity index (χ3v) is 3.20. The largest absolute Gasteiger partial charge is 0.314 e. The van der Waals surface area contributed by atoms with Crippen LogP contribution in [0.5, 0.6) is 0 Å². The van der Waals surface area contributed by atoms with E-state index in [1.807, 2.05) is 0 Å². The molecule has 3 atom stereocenters. The fraction of sp³-hybridized carbons (Fsp3) is 0.818. The average Bonchev–Trinajstić information content (AvgIpc) is 2.60. The van der Waals surface area contributed by atoms with Crippen molar-refractivity contribution >= 4 is 0 Å². The Hall–Kier alpha value is -0.300. The van der Waals surface area contributed by atoms with E-state index < -0.39 is 0 Å². The van der Waals surface area contributed by atoms with E-state index in [2.05, 4.69) is 31.3 Å². The molecule has 0 saturated heterocycles. The minimum atomic E-state index is 0.646. The maximum absolute atomic E-state index is 3.54. The Kier molecular flexibility index (Phi) is 2.22. The molecule has 0 aromatic carbocycles. The first kappa shape index (κ1) is 8.31. The van der Waals surface area contributed by atoms with E-state index in [0.29, 0.717) is 6.04 Å². The molecule has 0 unspecified atom stereocenters. The highest BCUT2D eigenvalue weighted by Gasteiger charge is 2.34. The fourth-order valence-corrected chi connectivity index (χ4v) is 2.52. The van der Waals surface area contributed by atoms with Crippen LogP contribution in [0, 0.1) is 17.8 Å². The molecule has 0 aromatic heterocycles. The molecule has 0 amide bonds. The van der Waals surface area contributed by atoms with Crippen LogP contribution in [0.3, 0.4) is 0 Å². The predicted octanol–water partition coefficient (Wildman–Crippen LogP) is 2.20. The third kappa shape index (κ3) is 1.56. The second kappa shape index (κ2) is 3.21. The predicted molar refractivity (Wildman–Crippen MR) is 52.0 cm³/mol. The summed E-state index contributed by atoms with van der Waals surface area (Å²) in [5, 5.41) is 3.54. The third-order valence-electron chi connectivity index (χ3n) is 3.20. The van der Waals surface area contributed by atoms with Crippen LogP contribution in [0.25, 0.3) is 0 Å². The molecule has 2 aliphatic carbocycles. The molecule has 1 heteroatoms. The van der Waals surface area contributed by atoms with Gasteiger partial charge in [0, 0.05) is 6.04 Å². The van der Waals surface area contributed by atoms with E-state index in [1.165, 1.54) is 19.4 Å². The second-order valence-corrected chi connectivity index (χ2v) is 4.60. The number of allylic oxidation sites excluding steroid dienone is 2. The van der Waals surface area contributed by atoms with E-state index in [1.54, 1.807) is 0 Å². The molecule has 68 valence electrons. The lowest BCUT2D eigenvalue weighted by Crippen LogP contribution is -2.30. The molecule has 0 radical (unpaired) electrons. The first-order chi connectivity index (χ1) is 5.75. The summed E-state index contributed by atoms with van der Waals surface area (Å²) in [6.07, 6.45) is 7.71. The van der Waals surface area contributed by atoms with Gasteiger partial charge in [-0.2, -0.15) is 0 Å². The Bertz CT molecular complexity index is 183. The summed E-state index contributed by atoms with van der Waals surface area (Å²) in [6, 6.07) is 0.646. The quantitative estimate of drug-likeness (QED) is 0.632. The second-order valence-electron chi connectivity index (χ2n) is 4.60. The van der Waals surface area contributed by atoms with Crippen molar-refractivity contribution in [1.29, 1.82) is 0 Å². The van der Waals surface area contributed by atoms with Crippen LogP contribution in [0.2, 0.25) is 0 Å². The van der Waals surface area contributed by atoms with Crippen LogP contribution in [-0.2, 0) is 0 Å². The van der Waals surface area contributed by atoms with Crippen LogP contribution in [0.4, 0.5) is 0 Å². The summed E-state index contributed by atoms with van der Waals surface area (Å²) in [4.78, 5) is 0. The molecule has 1 saturated carbocycles. The zero-order chi connectivity index (χ0) is 8.55. The Morgan fingerprint density at radius 2 is 2.17 bits per heavy atom. The van der Waals surface area contributed by atoms with Gasteiger partial charge in [0.2, 0.25) is 0 Å². The van der Waals surface area contributed by atoms with E-state index in [4.69, 9.17) is 0 Å². The average molecular weight is 165 g/mol. The van der Waals surface area contributed by atoms with Crippen LogP contribution in [-0.4, -0.2) is 12.6 Å². The maximum Gasteiger partial charge on any atom is 0.00104 e. The van der Waals surface area contributed by atoms with Gasteiger partial charge >= 0.3 is 0 Å². The Morgan fingerprint density at radius 3 is 2.67 bits per heavy atom. The van der Waals surface area contributed by atoms with Gasteiger partial charge in [-0.05, 0) is 37.1 Å². The molecule has 1 N–H and O–H groups in total. The summed E-state index contributed by atoms with van der Waals surface area (Å²) in [6.45, 7) is 5.68. The summed E-state index contributed by atoms with van der Waals surface area (Å²) in [7, 11) is 0. The molecule has 12 heavy (non-hydrogen) atoms. The van der Waals surface area contributed by atoms with Gasteiger partial charge in [0.1, 0.15) is 0 Å². The Morgan fingerprint density at radius 1 is 1.33 bits per heavy atom. The van der Waals surface area contributed by atoms with Gasteiger partial charge in [0.05, 0.1) is 0 Å². The van der Waals surface area contributed by atoms with Crippen LogP contribution in [0.1, 0.15) is 26.7 Å². The van der Waals surface area contributed by atoms with Gasteiger partial charge in [0.25, 0.3) is 0 Å². The van der Waals surface area contributed by atoms with Crippen molar-refractivity contribution in [3.8, 4) is 0 Å². The SMILES string of the molecule is CC(C)NC[C@H]1C[C@@H]2C=C[C@H]1C2. The number of nitrogens with one attached hydrogen (secondary N) is 1. The van der Waals surface area contributed by atoms with E-state index in [-0.39, 0.29) is 0 Å². The van der Waals surface area contributed by atoms with Crippen molar-refractivity contribution in [2.75, 3.05) is 6.54 Å². The number of rotatable bonds is 3. The molecule has 1 fully saturated rings. The van der Waals surface area contributed by atoms with E-state index in [0.717, 1.165) is 17.8 Å². The molecule has 0 heterocycles. The van der Waals surface area contributed by atoms with Crippen molar-refractivity contribution in [3.05, 3.63) is 12.2 Å². The molecule has 2 aliphatic rings. The molecule has 2 rings (SSSR count). The van der Waals surface area contributed by atoms with E-state index in [9.17, 15) is 0 Å². The fourth-order valence-electron chi connectivity index (χ4n) is 2.52. The maximum atomic E-state index is 3.54. The van der Waals surface area contributed by atoms with Gasteiger partial charge < -0.3 is 5.32 Å². The van der Waals surface area contributed by atoms with Gasteiger partial charge in [-0.1, -0.05) is 26.0 Å². The molecule has 0 aliphatic heterocycles. The van der Waals surface area contributed by atoms with Crippen LogP contribution < -0.4 is 5.32 Å². The Labute approximate surface area is 75.2 Å². The zero-order valence-electron chi connectivity index (χ0n) is 8.09. The lowest BCUT2D eigenvalue weighted by atomic mass is 9.93. The molecule has 0 aromatic rings. The number of hydrogen-bond acceptors (Lipinski definition) is 1. The summed E-state index contributed by atoms with van der Waals surface area (Å²) in [5.74, 6) is 2.76. The summed E-state index contributed by atoms with van der Waals surface area (Å²) < 4.78 is 0. The number of fused-ring (bicyclic) bond motifs is 2. The van der Waals surface area contributed by atoms with E-state index >= 15 is 0 Å². The molecule has 2 bridgehead atoms. The van der Waals surface area contributed by atoms with Crippen molar-refractivity contribution in [2.24, 2.45) is 17.8 Å². The van der Waals surface area contributed by atoms with Crippen LogP contribution >= 0.6 is 0 Å². The first-order valence-corrected chi connectivity index (χ1v) is 5.17. The van der Waals surface area contributed by atoms with Gasteiger partial charge in [0.15, 0.2) is 0 Å². The van der Waals surface area contributed by atoms with Crippen LogP contribution in [0.15, 0.2) is 12.2 Å². The lowest BCUT2D eigenvalue weighted by Gasteiger charge is -2.19. The Balaban J connectivity index is 1.80. The standard InChI is InChI=1S/C11H19N/c1-8(2)12-7-11-6-9-3-4-10(11)5-9/h3-4,8-12H,5-7H2,1-2H3/t9-,10+,11-/m1/s1. The van der Waals surface area contributed by atoms with Gasteiger partial charge in [-0.3, -0.25) is 0 Å². The molecular weight excluding hydrogens is 146 g/mol. The molecular formula is C11H19N. The minimum Gasteiger partial charge on any atom is -0.314 e. The minimum absolute atomic E-state index is 0.646. The van der Waals surface area contributed by atoms with Gasteiger partial charge in [-0.25, -0.2) is 0 Å². The van der Waals surface area contributed by atoms with Crippen molar-refractivity contribution in [2.45, 2.75) is 32.7 Å². The summed E-state index contributed by atoms with van der Waals surface area (Å²) in [5.41, 5.74) is 0. The van der Waals surface area contributed by atoms with Crippen molar-refractivity contribution in [3.63, 3.8) is 0 Å². The molecule has 0 spiro atoms. The lowest BCUT2D eigenvalue weighted by molar-refractivity contribution is 0.397. The smallest absolute Gasteiger partial charge is 0.00104 e. The van der Waals surface area contributed by atoms with Crippen molar-refractivity contribution in [1.82, 2.24) is 5.32 Å². The van der Waals surface area contributed by atoms with Gasteiger partial charge in [-0.15, -0.1) is 0 Å². The zero-order valence-corrected chi connectivity index (χ0v) is 8.09. The monoisotopic (exact) mass is 165 g/mol. The summed E-state index contributed by atoms with van der Waals surface area (Å²) >= 11 is 0. The first-order valence-electron chi connectivity index (χ1n) is 5.17. The highest BCUT2D eigenvalue weighted by molar-refractivity contribution is 5.10.